The Hall–Kier alpha value is -2.45. The van der Waals surface area contributed by atoms with Crippen molar-refractivity contribution in [1.29, 1.82) is 0 Å². The summed E-state index contributed by atoms with van der Waals surface area (Å²) in [4.78, 5) is 24.4. The van der Waals surface area contributed by atoms with E-state index in [0.717, 1.165) is 5.56 Å². The molecule has 2 unspecified atom stereocenters. The fourth-order valence-electron chi connectivity index (χ4n) is 2.84. The second-order valence-electron chi connectivity index (χ2n) is 5.72. The molecule has 1 saturated heterocycles. The van der Waals surface area contributed by atoms with Gasteiger partial charge in [-0.2, -0.15) is 5.10 Å². The number of rotatable bonds is 6. The van der Waals surface area contributed by atoms with Crippen LogP contribution in [0.15, 0.2) is 35.4 Å². The summed E-state index contributed by atoms with van der Waals surface area (Å²) in [6.07, 6.45) is 2.20. The molecule has 2 atom stereocenters. The van der Waals surface area contributed by atoms with Crippen LogP contribution in [0.3, 0.4) is 0 Å². The van der Waals surface area contributed by atoms with Crippen molar-refractivity contribution in [1.82, 2.24) is 20.8 Å². The first-order chi connectivity index (χ1) is 11.7. The van der Waals surface area contributed by atoms with Crippen molar-refractivity contribution in [2.24, 2.45) is 5.10 Å². The average Bonchev–Trinajstić information content (AvgIpc) is 3.04. The third kappa shape index (κ3) is 3.55. The lowest BCUT2D eigenvalue weighted by atomic mass is 10.0. The molecule has 24 heavy (non-hydrogen) atoms. The molecule has 1 aromatic rings. The maximum Gasteiger partial charge on any atom is 0.267 e. The van der Waals surface area contributed by atoms with Crippen molar-refractivity contribution < 1.29 is 14.3 Å². The van der Waals surface area contributed by atoms with Crippen LogP contribution in [-0.4, -0.2) is 61.0 Å². The number of carbonyl (C=O) groups excluding carboxylic acids is 2. The Morgan fingerprint density at radius 3 is 2.96 bits per heavy atom. The SMILES string of the molecule is COCCNC(=O)CN1N=CN2NC(c3ccccc3)CC2C1=O. The smallest absolute Gasteiger partial charge is 0.267 e. The molecular weight excluding hydrogens is 310 g/mol. The fourth-order valence-corrected chi connectivity index (χ4v) is 2.84. The van der Waals surface area contributed by atoms with Gasteiger partial charge in [0.2, 0.25) is 5.91 Å². The fraction of sp³-hybridized carbons (Fsp3) is 0.438. The minimum absolute atomic E-state index is 0.0575. The number of benzene rings is 1. The normalized spacial score (nSPS) is 22.6. The molecule has 0 saturated carbocycles. The molecule has 2 N–H and O–H groups in total. The Morgan fingerprint density at radius 1 is 1.42 bits per heavy atom. The van der Waals surface area contributed by atoms with Gasteiger partial charge in [0, 0.05) is 13.7 Å². The predicted molar refractivity (Wildman–Crippen MR) is 87.7 cm³/mol. The number of ether oxygens (including phenoxy) is 1. The third-order valence-electron chi connectivity index (χ3n) is 4.08. The van der Waals surface area contributed by atoms with Crippen LogP contribution in [0.2, 0.25) is 0 Å². The topological polar surface area (TPSA) is 86.3 Å². The molecule has 2 amide bonds. The summed E-state index contributed by atoms with van der Waals surface area (Å²) in [6.45, 7) is 0.760. The lowest BCUT2D eigenvalue weighted by Gasteiger charge is -2.29. The van der Waals surface area contributed by atoms with Gasteiger partial charge in [-0.05, 0) is 12.0 Å². The van der Waals surface area contributed by atoms with Crippen LogP contribution in [0.5, 0.6) is 0 Å². The van der Waals surface area contributed by atoms with E-state index in [9.17, 15) is 9.59 Å². The maximum absolute atomic E-state index is 12.6. The summed E-state index contributed by atoms with van der Waals surface area (Å²) in [6, 6.07) is 9.67. The van der Waals surface area contributed by atoms with E-state index in [1.54, 1.807) is 18.5 Å². The Kier molecular flexibility index (Phi) is 5.07. The van der Waals surface area contributed by atoms with Gasteiger partial charge in [0.05, 0.1) is 12.6 Å². The molecule has 0 bridgehead atoms. The zero-order valence-corrected chi connectivity index (χ0v) is 13.5. The van der Waals surface area contributed by atoms with Gasteiger partial charge in [-0.15, -0.1) is 0 Å². The first-order valence-corrected chi connectivity index (χ1v) is 7.89. The number of fused-ring (bicyclic) bond motifs is 1. The quantitative estimate of drug-likeness (QED) is 0.708. The number of hydrogen-bond donors (Lipinski definition) is 2. The highest BCUT2D eigenvalue weighted by molar-refractivity contribution is 5.90. The van der Waals surface area contributed by atoms with Gasteiger partial charge in [-0.1, -0.05) is 30.3 Å². The van der Waals surface area contributed by atoms with Gasteiger partial charge in [-0.25, -0.2) is 10.4 Å². The Balaban J connectivity index is 1.59. The van der Waals surface area contributed by atoms with E-state index in [4.69, 9.17) is 4.74 Å². The molecule has 0 spiro atoms. The van der Waals surface area contributed by atoms with Gasteiger partial charge in [0.1, 0.15) is 18.9 Å². The molecular formula is C16H21N5O3. The van der Waals surface area contributed by atoms with Crippen LogP contribution in [0, 0.1) is 0 Å². The molecule has 2 aliphatic heterocycles. The first kappa shape index (κ1) is 16.4. The number of nitrogens with one attached hydrogen (secondary N) is 2. The maximum atomic E-state index is 12.6. The van der Waals surface area contributed by atoms with Crippen LogP contribution < -0.4 is 10.7 Å². The van der Waals surface area contributed by atoms with E-state index in [0.29, 0.717) is 19.6 Å². The highest BCUT2D eigenvalue weighted by atomic mass is 16.5. The highest BCUT2D eigenvalue weighted by Crippen LogP contribution is 2.29. The minimum atomic E-state index is -0.348. The molecule has 1 fully saturated rings. The minimum Gasteiger partial charge on any atom is -0.383 e. The van der Waals surface area contributed by atoms with Crippen LogP contribution in [0.1, 0.15) is 18.0 Å². The summed E-state index contributed by atoms with van der Waals surface area (Å²) in [5, 5.41) is 9.71. The summed E-state index contributed by atoms with van der Waals surface area (Å²) in [5.41, 5.74) is 4.40. The molecule has 2 aliphatic rings. The van der Waals surface area contributed by atoms with Crippen LogP contribution in [-0.2, 0) is 14.3 Å². The Morgan fingerprint density at radius 2 is 2.21 bits per heavy atom. The summed E-state index contributed by atoms with van der Waals surface area (Å²) in [5.74, 6) is -0.429. The van der Waals surface area contributed by atoms with E-state index >= 15 is 0 Å². The van der Waals surface area contributed by atoms with Crippen molar-refractivity contribution in [3.05, 3.63) is 35.9 Å². The molecule has 3 rings (SSSR count). The van der Waals surface area contributed by atoms with Gasteiger partial charge in [-0.3, -0.25) is 14.6 Å². The summed E-state index contributed by atoms with van der Waals surface area (Å²) >= 11 is 0. The van der Waals surface area contributed by atoms with E-state index in [1.165, 1.54) is 5.01 Å². The van der Waals surface area contributed by atoms with E-state index in [2.05, 4.69) is 15.8 Å². The Bertz CT molecular complexity index is 621. The molecule has 1 aromatic carbocycles. The average molecular weight is 331 g/mol. The highest BCUT2D eigenvalue weighted by Gasteiger charge is 2.41. The largest absolute Gasteiger partial charge is 0.383 e. The van der Waals surface area contributed by atoms with Crippen LogP contribution >= 0.6 is 0 Å². The van der Waals surface area contributed by atoms with Gasteiger partial charge >= 0.3 is 0 Å². The number of hydrazine groups is 1. The standard InChI is InChI=1S/C16H21N5O3/c1-24-8-7-17-15(22)10-20-16(23)14-9-13(19-21(14)11-18-20)12-5-3-2-4-6-12/h2-6,11,13-14,19H,7-10H2,1H3,(H,17,22). The molecule has 8 heteroatoms. The van der Waals surface area contributed by atoms with E-state index in [1.807, 2.05) is 30.3 Å². The number of amides is 2. The van der Waals surface area contributed by atoms with Crippen LogP contribution in [0.25, 0.3) is 0 Å². The van der Waals surface area contributed by atoms with Gasteiger partial charge in [0.15, 0.2) is 0 Å². The lowest BCUT2D eigenvalue weighted by Crippen LogP contribution is -2.52. The first-order valence-electron chi connectivity index (χ1n) is 7.89. The zero-order chi connectivity index (χ0) is 16.9. The number of hydrogen-bond acceptors (Lipinski definition) is 6. The zero-order valence-electron chi connectivity index (χ0n) is 13.5. The van der Waals surface area contributed by atoms with Crippen molar-refractivity contribution in [2.75, 3.05) is 26.8 Å². The van der Waals surface area contributed by atoms with E-state index < -0.39 is 0 Å². The monoisotopic (exact) mass is 331 g/mol. The second-order valence-corrected chi connectivity index (χ2v) is 5.72. The van der Waals surface area contributed by atoms with Gasteiger partial charge in [0.25, 0.3) is 5.91 Å². The number of carbonyl (C=O) groups is 2. The van der Waals surface area contributed by atoms with Crippen molar-refractivity contribution in [2.45, 2.75) is 18.5 Å². The second kappa shape index (κ2) is 7.41. The predicted octanol–water partition coefficient (Wildman–Crippen LogP) is -0.145. The van der Waals surface area contributed by atoms with Crippen molar-refractivity contribution >= 4 is 18.2 Å². The molecule has 0 aliphatic carbocycles. The number of nitrogens with zero attached hydrogens (tertiary/aromatic N) is 3. The van der Waals surface area contributed by atoms with Gasteiger partial charge < -0.3 is 10.1 Å². The number of hydrazone groups is 1. The molecule has 0 aromatic heterocycles. The third-order valence-corrected chi connectivity index (χ3v) is 4.08. The molecule has 128 valence electrons. The van der Waals surface area contributed by atoms with E-state index in [-0.39, 0.29) is 30.4 Å². The van der Waals surface area contributed by atoms with Crippen molar-refractivity contribution in [3.8, 4) is 0 Å². The molecule has 8 nitrogen and oxygen atoms in total. The molecule has 2 heterocycles. The summed E-state index contributed by atoms with van der Waals surface area (Å²) in [7, 11) is 1.56. The number of methoxy groups -OCH3 is 1. The van der Waals surface area contributed by atoms with Crippen molar-refractivity contribution in [3.63, 3.8) is 0 Å². The Labute approximate surface area is 140 Å². The lowest BCUT2D eigenvalue weighted by molar-refractivity contribution is -0.140. The molecule has 0 radical (unpaired) electrons. The summed E-state index contributed by atoms with van der Waals surface area (Å²) < 4.78 is 4.87. The van der Waals surface area contributed by atoms with Crippen LogP contribution in [0.4, 0.5) is 0 Å².